The smallest absolute Gasteiger partial charge is 0.410 e. The predicted octanol–water partition coefficient (Wildman–Crippen LogP) is 7.22. The second kappa shape index (κ2) is 12.1. The van der Waals surface area contributed by atoms with Crippen LogP contribution in [0.4, 0.5) is 4.79 Å². The van der Waals surface area contributed by atoms with E-state index in [4.69, 9.17) is 9.16 Å². The van der Waals surface area contributed by atoms with Crippen LogP contribution in [0.3, 0.4) is 0 Å². The van der Waals surface area contributed by atoms with Gasteiger partial charge in [-0.1, -0.05) is 69.3 Å². The van der Waals surface area contributed by atoms with Gasteiger partial charge in [0.05, 0.1) is 12.1 Å². The first-order chi connectivity index (χ1) is 18.0. The van der Waals surface area contributed by atoms with Crippen molar-refractivity contribution in [1.29, 1.82) is 0 Å². The highest BCUT2D eigenvalue weighted by atomic mass is 32.1. The van der Waals surface area contributed by atoms with Gasteiger partial charge in [-0.15, -0.1) is 11.3 Å². The minimum absolute atomic E-state index is 0.162. The molecule has 2 heterocycles. The molecule has 1 aliphatic rings. The van der Waals surface area contributed by atoms with Gasteiger partial charge in [0.25, 0.3) is 0 Å². The summed E-state index contributed by atoms with van der Waals surface area (Å²) in [5.74, 6) is 0. The molecule has 1 amide bonds. The highest BCUT2D eigenvalue weighted by Gasteiger charge is 2.41. The third kappa shape index (κ3) is 7.11. The third-order valence-electron chi connectivity index (χ3n) is 7.84. The first-order valence-electron chi connectivity index (χ1n) is 13.4. The van der Waals surface area contributed by atoms with Crippen molar-refractivity contribution in [2.45, 2.75) is 64.1 Å². The Morgan fingerprint density at radius 3 is 2.63 bits per heavy atom. The Bertz CT molecular complexity index is 1180. The van der Waals surface area contributed by atoms with E-state index in [1.54, 1.807) is 16.2 Å². The molecule has 1 fully saturated rings. The summed E-state index contributed by atoms with van der Waals surface area (Å²) in [7, 11) is -0.000340. The summed E-state index contributed by atoms with van der Waals surface area (Å²) in [6.45, 7) is 14.3. The number of benzene rings is 2. The number of hydrogen-bond acceptors (Lipinski definition) is 6. The molecule has 1 saturated heterocycles. The van der Waals surface area contributed by atoms with E-state index < -0.39 is 8.32 Å². The number of carbonyl (C=O) groups is 1. The van der Waals surface area contributed by atoms with Crippen molar-refractivity contribution >= 4 is 25.7 Å². The van der Waals surface area contributed by atoms with Gasteiger partial charge < -0.3 is 14.1 Å². The third-order valence-corrected chi connectivity index (χ3v) is 13.2. The number of rotatable bonds is 9. The van der Waals surface area contributed by atoms with Crippen LogP contribution in [0, 0.1) is 0 Å². The number of amides is 1. The molecule has 0 saturated carbocycles. The zero-order valence-corrected chi connectivity index (χ0v) is 25.3. The Morgan fingerprint density at radius 1 is 1.18 bits per heavy atom. The topological polar surface area (TPSA) is 54.9 Å². The maximum Gasteiger partial charge on any atom is 0.410 e. The maximum atomic E-state index is 13.2. The molecule has 2 aromatic carbocycles. The van der Waals surface area contributed by atoms with Crippen LogP contribution in [-0.2, 0) is 15.8 Å². The van der Waals surface area contributed by atoms with Crippen LogP contribution >= 0.6 is 11.3 Å². The lowest BCUT2D eigenvalue weighted by Gasteiger charge is -2.38. The summed E-state index contributed by atoms with van der Waals surface area (Å²) in [6.07, 6.45) is 2.74. The van der Waals surface area contributed by atoms with E-state index in [-0.39, 0.29) is 29.9 Å². The summed E-state index contributed by atoms with van der Waals surface area (Å²) >= 11 is 1.62. The Morgan fingerprint density at radius 2 is 1.95 bits per heavy atom. The molecule has 0 N–H and O–H groups in total. The maximum absolute atomic E-state index is 13.2. The van der Waals surface area contributed by atoms with Gasteiger partial charge in [0.15, 0.2) is 8.32 Å². The molecule has 204 valence electrons. The molecular formula is C30H41N3O3SSi. The van der Waals surface area contributed by atoms with Crippen LogP contribution < -0.4 is 0 Å². The van der Waals surface area contributed by atoms with Gasteiger partial charge in [-0.05, 0) is 41.7 Å². The lowest BCUT2D eigenvalue weighted by atomic mass is 10.0. The van der Waals surface area contributed by atoms with Gasteiger partial charge in [-0.2, -0.15) is 0 Å². The van der Waals surface area contributed by atoms with Gasteiger partial charge in [-0.3, -0.25) is 4.90 Å². The van der Waals surface area contributed by atoms with Gasteiger partial charge >= 0.3 is 6.09 Å². The van der Waals surface area contributed by atoms with Crippen molar-refractivity contribution < 1.29 is 14.0 Å². The monoisotopic (exact) mass is 551 g/mol. The molecule has 1 aromatic heterocycles. The molecule has 2 atom stereocenters. The zero-order valence-electron chi connectivity index (χ0n) is 23.5. The Kier molecular flexibility index (Phi) is 9.08. The number of likely N-dealkylation sites (tertiary alicyclic amines) is 1. The Hall–Kier alpha value is -2.52. The molecule has 0 aliphatic carbocycles. The SMILES string of the molecule is CN(C(=O)OCc1ccccc1)[C@H](CN1CC[C@@H](O[Si](C)(C)C(C)(C)C)C1)c1cccc(-c2nccs2)c1. The number of nitrogens with zero attached hydrogens (tertiary/aromatic N) is 3. The van der Waals surface area contributed by atoms with E-state index in [1.807, 2.05) is 49.0 Å². The second-order valence-electron chi connectivity index (χ2n) is 11.7. The van der Waals surface area contributed by atoms with Crippen LogP contribution in [-0.4, -0.2) is 62.0 Å². The highest BCUT2D eigenvalue weighted by molar-refractivity contribution is 7.13. The van der Waals surface area contributed by atoms with Crippen LogP contribution in [0.25, 0.3) is 10.6 Å². The van der Waals surface area contributed by atoms with Crippen molar-refractivity contribution in [3.63, 3.8) is 0 Å². The lowest BCUT2D eigenvalue weighted by molar-refractivity contribution is 0.0819. The fourth-order valence-corrected chi connectivity index (χ4v) is 6.56. The number of thiazole rings is 1. The average Bonchev–Trinajstić information content (AvgIpc) is 3.58. The van der Waals surface area contributed by atoms with Crippen LogP contribution in [0.2, 0.25) is 18.1 Å². The number of ether oxygens (including phenoxy) is 1. The molecule has 38 heavy (non-hydrogen) atoms. The van der Waals surface area contributed by atoms with Crippen molar-refractivity contribution in [3.05, 3.63) is 77.3 Å². The lowest BCUT2D eigenvalue weighted by Crippen LogP contribution is -2.45. The van der Waals surface area contributed by atoms with E-state index in [9.17, 15) is 4.79 Å². The van der Waals surface area contributed by atoms with E-state index in [0.29, 0.717) is 0 Å². The average molecular weight is 552 g/mol. The summed E-state index contributed by atoms with van der Waals surface area (Å²) in [6, 6.07) is 18.0. The van der Waals surface area contributed by atoms with Crippen LogP contribution in [0.15, 0.2) is 66.2 Å². The van der Waals surface area contributed by atoms with Crippen LogP contribution in [0.5, 0.6) is 0 Å². The van der Waals surface area contributed by atoms with Crippen molar-refractivity contribution in [1.82, 2.24) is 14.8 Å². The van der Waals surface area contributed by atoms with E-state index >= 15 is 0 Å². The molecule has 4 rings (SSSR count). The van der Waals surface area contributed by atoms with Gasteiger partial charge in [0.2, 0.25) is 0 Å². The summed E-state index contributed by atoms with van der Waals surface area (Å²) < 4.78 is 12.5. The number of likely N-dealkylation sites (N-methyl/N-ethyl adjacent to an activating group) is 1. The Labute approximate surface area is 232 Å². The number of carbonyl (C=O) groups excluding carboxylic acids is 1. The molecule has 0 unspecified atom stereocenters. The highest BCUT2D eigenvalue weighted by Crippen LogP contribution is 2.38. The minimum Gasteiger partial charge on any atom is -0.445 e. The summed E-state index contributed by atoms with van der Waals surface area (Å²) in [5, 5.41) is 3.14. The quantitative estimate of drug-likeness (QED) is 0.263. The zero-order chi connectivity index (χ0) is 27.3. The van der Waals surface area contributed by atoms with Crippen LogP contribution in [0.1, 0.15) is 44.4 Å². The van der Waals surface area contributed by atoms with E-state index in [0.717, 1.165) is 47.8 Å². The number of hydrogen-bond donors (Lipinski definition) is 0. The molecule has 3 aromatic rings. The molecule has 6 nitrogen and oxygen atoms in total. The first kappa shape index (κ1) is 28.5. The van der Waals surface area contributed by atoms with E-state index in [2.05, 4.69) is 68.0 Å². The normalized spacial score (nSPS) is 17.4. The predicted molar refractivity (Wildman–Crippen MR) is 158 cm³/mol. The Balaban J connectivity index is 1.50. The van der Waals surface area contributed by atoms with Gasteiger partial charge in [0, 0.05) is 43.8 Å². The van der Waals surface area contributed by atoms with Crippen molar-refractivity contribution in [2.75, 3.05) is 26.7 Å². The molecule has 8 heteroatoms. The van der Waals surface area contributed by atoms with Crippen molar-refractivity contribution in [2.24, 2.45) is 0 Å². The second-order valence-corrected chi connectivity index (χ2v) is 17.3. The molecular weight excluding hydrogens is 511 g/mol. The number of aromatic nitrogens is 1. The molecule has 1 aliphatic heterocycles. The summed E-state index contributed by atoms with van der Waals surface area (Å²) in [5.41, 5.74) is 3.11. The fourth-order valence-electron chi connectivity index (χ4n) is 4.54. The molecule has 0 radical (unpaired) electrons. The summed E-state index contributed by atoms with van der Waals surface area (Å²) in [4.78, 5) is 21.9. The van der Waals surface area contributed by atoms with Gasteiger partial charge in [-0.25, -0.2) is 9.78 Å². The first-order valence-corrected chi connectivity index (χ1v) is 17.2. The van der Waals surface area contributed by atoms with E-state index in [1.165, 1.54) is 0 Å². The fraction of sp³-hybridized carbons (Fsp3) is 0.467. The molecule has 0 bridgehead atoms. The standard InChI is InChI=1S/C30H41N3O3SSi/c1-30(2,3)38(5,6)36-26-15-17-33(20-26)21-27(24-13-10-14-25(19-24)28-31-16-18-37-28)32(4)29(34)35-22-23-11-8-7-9-12-23/h7-14,16,18-19,26-27H,15,17,20-22H2,1-6H3/t26-,27-/m1/s1. The minimum atomic E-state index is -1.84. The largest absolute Gasteiger partial charge is 0.445 e. The molecule has 0 spiro atoms. The van der Waals surface area contributed by atoms with Crippen molar-refractivity contribution in [3.8, 4) is 10.6 Å². The van der Waals surface area contributed by atoms with Gasteiger partial charge in [0.1, 0.15) is 11.6 Å².